The molecule has 3 rings (SSSR count). The van der Waals surface area contributed by atoms with Gasteiger partial charge < -0.3 is 5.32 Å². The van der Waals surface area contributed by atoms with Crippen LogP contribution in [0.25, 0.3) is 0 Å². The zero-order chi connectivity index (χ0) is 12.4. The molecule has 1 aromatic rings. The van der Waals surface area contributed by atoms with Crippen LogP contribution in [0, 0.1) is 5.92 Å². The van der Waals surface area contributed by atoms with E-state index in [1.54, 1.807) is 11.1 Å². The van der Waals surface area contributed by atoms with E-state index in [9.17, 15) is 0 Å². The Hall–Kier alpha value is -1.02. The molecule has 2 nitrogen and oxygen atoms in total. The Morgan fingerprint density at radius 3 is 3.17 bits per heavy atom. The Bertz CT molecular complexity index is 414. The van der Waals surface area contributed by atoms with Crippen molar-refractivity contribution < 1.29 is 0 Å². The van der Waals surface area contributed by atoms with Crippen molar-refractivity contribution in [3.05, 3.63) is 29.3 Å². The molecular formula is C16H24N2. The molecule has 0 spiro atoms. The Morgan fingerprint density at radius 1 is 1.39 bits per heavy atom. The van der Waals surface area contributed by atoms with Gasteiger partial charge in [-0.05, 0) is 48.9 Å². The minimum atomic E-state index is 0.933. The van der Waals surface area contributed by atoms with Crippen LogP contribution in [0.1, 0.15) is 37.3 Å². The molecule has 1 fully saturated rings. The molecule has 0 radical (unpaired) electrons. The lowest BCUT2D eigenvalue weighted by atomic mass is 9.97. The normalized spacial score (nSPS) is 23.7. The standard InChI is InChI=1S/C16H24N2/c1-2-13-8-10-18(11-13)12-14-5-3-7-16-15(14)6-4-9-17-16/h3,5,7,13,17H,2,4,6,8-12H2,1H3. The summed E-state index contributed by atoms with van der Waals surface area (Å²) in [6.07, 6.45) is 5.26. The number of nitrogens with one attached hydrogen (secondary N) is 1. The molecular weight excluding hydrogens is 220 g/mol. The lowest BCUT2D eigenvalue weighted by Gasteiger charge is -2.24. The Kier molecular flexibility index (Phi) is 3.55. The summed E-state index contributed by atoms with van der Waals surface area (Å²) in [6.45, 7) is 7.20. The third kappa shape index (κ3) is 2.39. The summed E-state index contributed by atoms with van der Waals surface area (Å²) in [7, 11) is 0. The Morgan fingerprint density at radius 2 is 2.33 bits per heavy atom. The maximum atomic E-state index is 3.53. The second-order valence-electron chi connectivity index (χ2n) is 5.77. The Labute approximate surface area is 110 Å². The van der Waals surface area contributed by atoms with Gasteiger partial charge >= 0.3 is 0 Å². The molecule has 0 aliphatic carbocycles. The van der Waals surface area contributed by atoms with Gasteiger partial charge in [-0.2, -0.15) is 0 Å². The van der Waals surface area contributed by atoms with Crippen LogP contribution in [0.15, 0.2) is 18.2 Å². The van der Waals surface area contributed by atoms with E-state index in [1.807, 2.05) is 0 Å². The van der Waals surface area contributed by atoms with Crippen molar-refractivity contribution in [2.75, 3.05) is 25.0 Å². The van der Waals surface area contributed by atoms with E-state index in [-0.39, 0.29) is 0 Å². The van der Waals surface area contributed by atoms with E-state index in [1.165, 1.54) is 44.5 Å². The molecule has 1 unspecified atom stereocenters. The molecule has 2 aliphatic heterocycles. The quantitative estimate of drug-likeness (QED) is 0.878. The van der Waals surface area contributed by atoms with Gasteiger partial charge in [-0.15, -0.1) is 0 Å². The summed E-state index contributed by atoms with van der Waals surface area (Å²) < 4.78 is 0. The fourth-order valence-corrected chi connectivity index (χ4v) is 3.36. The van der Waals surface area contributed by atoms with Crippen LogP contribution in [-0.4, -0.2) is 24.5 Å². The Balaban J connectivity index is 1.73. The summed E-state index contributed by atoms with van der Waals surface area (Å²) in [5, 5.41) is 3.53. The maximum Gasteiger partial charge on any atom is 0.0375 e. The van der Waals surface area contributed by atoms with Gasteiger partial charge in [0, 0.05) is 25.3 Å². The van der Waals surface area contributed by atoms with Gasteiger partial charge in [-0.1, -0.05) is 25.5 Å². The first-order valence-corrected chi connectivity index (χ1v) is 7.44. The molecule has 0 amide bonds. The van der Waals surface area contributed by atoms with Crippen molar-refractivity contribution in [2.24, 2.45) is 5.92 Å². The molecule has 0 bridgehead atoms. The van der Waals surface area contributed by atoms with Crippen molar-refractivity contribution in [3.8, 4) is 0 Å². The van der Waals surface area contributed by atoms with Crippen LogP contribution < -0.4 is 5.32 Å². The van der Waals surface area contributed by atoms with E-state index >= 15 is 0 Å². The van der Waals surface area contributed by atoms with Crippen LogP contribution >= 0.6 is 0 Å². The van der Waals surface area contributed by atoms with Crippen LogP contribution in [0.3, 0.4) is 0 Å². The third-order valence-corrected chi connectivity index (χ3v) is 4.53. The highest BCUT2D eigenvalue weighted by molar-refractivity contribution is 5.56. The summed E-state index contributed by atoms with van der Waals surface area (Å²) in [4.78, 5) is 2.64. The van der Waals surface area contributed by atoms with E-state index in [2.05, 4.69) is 35.3 Å². The van der Waals surface area contributed by atoms with Crippen LogP contribution in [0.4, 0.5) is 5.69 Å². The molecule has 1 N–H and O–H groups in total. The molecule has 0 aromatic heterocycles. The van der Waals surface area contributed by atoms with Crippen molar-refractivity contribution in [1.29, 1.82) is 0 Å². The molecule has 2 heteroatoms. The first-order chi connectivity index (χ1) is 8.86. The molecule has 2 heterocycles. The predicted octanol–water partition coefficient (Wildman–Crippen LogP) is 3.28. The highest BCUT2D eigenvalue weighted by Crippen LogP contribution is 2.28. The van der Waals surface area contributed by atoms with Crippen LogP contribution in [0.5, 0.6) is 0 Å². The fourth-order valence-electron chi connectivity index (χ4n) is 3.36. The lowest BCUT2D eigenvalue weighted by molar-refractivity contribution is 0.314. The first kappa shape index (κ1) is 12.0. The number of likely N-dealkylation sites (tertiary alicyclic amines) is 1. The molecule has 0 saturated carbocycles. The summed E-state index contributed by atoms with van der Waals surface area (Å²) in [6, 6.07) is 6.77. The average Bonchev–Trinajstić information content (AvgIpc) is 2.87. The van der Waals surface area contributed by atoms with E-state index in [0.717, 1.165) is 19.0 Å². The second-order valence-corrected chi connectivity index (χ2v) is 5.77. The van der Waals surface area contributed by atoms with Gasteiger partial charge in [-0.3, -0.25) is 4.90 Å². The van der Waals surface area contributed by atoms with Crippen molar-refractivity contribution in [2.45, 2.75) is 39.2 Å². The zero-order valence-electron chi connectivity index (χ0n) is 11.4. The van der Waals surface area contributed by atoms with Gasteiger partial charge in [0.05, 0.1) is 0 Å². The molecule has 1 atom stereocenters. The molecule has 2 aliphatic rings. The smallest absolute Gasteiger partial charge is 0.0375 e. The van der Waals surface area contributed by atoms with Crippen LogP contribution in [0.2, 0.25) is 0 Å². The molecule has 1 aromatic carbocycles. The zero-order valence-corrected chi connectivity index (χ0v) is 11.4. The summed E-state index contributed by atoms with van der Waals surface area (Å²) >= 11 is 0. The molecule has 1 saturated heterocycles. The monoisotopic (exact) mass is 244 g/mol. The second kappa shape index (κ2) is 5.31. The third-order valence-electron chi connectivity index (χ3n) is 4.53. The summed E-state index contributed by atoms with van der Waals surface area (Å²) in [5.74, 6) is 0.933. The van der Waals surface area contributed by atoms with E-state index < -0.39 is 0 Å². The SMILES string of the molecule is CCC1CCN(Cc2cccc3c2CCCN3)C1. The largest absolute Gasteiger partial charge is 0.385 e. The predicted molar refractivity (Wildman–Crippen MR) is 76.9 cm³/mol. The lowest BCUT2D eigenvalue weighted by Crippen LogP contribution is -2.22. The highest BCUT2D eigenvalue weighted by Gasteiger charge is 2.22. The average molecular weight is 244 g/mol. The summed E-state index contributed by atoms with van der Waals surface area (Å²) in [5.41, 5.74) is 4.50. The topological polar surface area (TPSA) is 15.3 Å². The number of rotatable bonds is 3. The number of hydrogen-bond donors (Lipinski definition) is 1. The van der Waals surface area contributed by atoms with Gasteiger partial charge in [0.1, 0.15) is 0 Å². The van der Waals surface area contributed by atoms with Gasteiger partial charge in [0.2, 0.25) is 0 Å². The minimum absolute atomic E-state index is 0.933. The molecule has 98 valence electrons. The van der Waals surface area contributed by atoms with Gasteiger partial charge in [-0.25, -0.2) is 0 Å². The maximum absolute atomic E-state index is 3.53. The van der Waals surface area contributed by atoms with E-state index in [4.69, 9.17) is 0 Å². The van der Waals surface area contributed by atoms with Crippen molar-refractivity contribution >= 4 is 5.69 Å². The van der Waals surface area contributed by atoms with Gasteiger partial charge in [0.25, 0.3) is 0 Å². The number of benzene rings is 1. The number of fused-ring (bicyclic) bond motifs is 1. The van der Waals surface area contributed by atoms with Crippen molar-refractivity contribution in [3.63, 3.8) is 0 Å². The van der Waals surface area contributed by atoms with Crippen molar-refractivity contribution in [1.82, 2.24) is 4.90 Å². The minimum Gasteiger partial charge on any atom is -0.385 e. The number of hydrogen-bond acceptors (Lipinski definition) is 2. The van der Waals surface area contributed by atoms with Gasteiger partial charge in [0.15, 0.2) is 0 Å². The highest BCUT2D eigenvalue weighted by atomic mass is 15.1. The number of anilines is 1. The van der Waals surface area contributed by atoms with Crippen LogP contribution in [-0.2, 0) is 13.0 Å². The first-order valence-electron chi connectivity index (χ1n) is 7.44. The molecule has 18 heavy (non-hydrogen) atoms. The number of nitrogens with zero attached hydrogens (tertiary/aromatic N) is 1. The van der Waals surface area contributed by atoms with E-state index in [0.29, 0.717) is 0 Å². The fraction of sp³-hybridized carbons (Fsp3) is 0.625.